The lowest BCUT2D eigenvalue weighted by atomic mass is 10.0. The van der Waals surface area contributed by atoms with Gasteiger partial charge in [-0.2, -0.15) is 0 Å². The van der Waals surface area contributed by atoms with E-state index in [2.05, 4.69) is 19.6 Å². The van der Waals surface area contributed by atoms with Crippen molar-refractivity contribution in [2.45, 2.75) is 96.6 Å². The van der Waals surface area contributed by atoms with E-state index in [4.69, 9.17) is 0 Å². The zero-order chi connectivity index (χ0) is 17.7. The maximum Gasteiger partial charge on any atom is 0.124 e. The lowest BCUT2D eigenvalue weighted by Crippen LogP contribution is -2.69. The molecule has 0 bridgehead atoms. The van der Waals surface area contributed by atoms with Gasteiger partial charge in [-0.15, -0.1) is 0 Å². The highest BCUT2D eigenvalue weighted by Crippen LogP contribution is 2.14. The summed E-state index contributed by atoms with van der Waals surface area (Å²) in [5.41, 5.74) is 3.57. The first-order chi connectivity index (χ1) is 10.7. The third-order valence-electron chi connectivity index (χ3n) is 4.24. The molecule has 0 rings (SSSR count). The molecule has 0 aromatic carbocycles. The molecule has 0 aromatic rings. The first-order valence-corrected chi connectivity index (χ1v) is 10.7. The van der Waals surface area contributed by atoms with Crippen molar-refractivity contribution in [3.05, 3.63) is 0 Å². The molecule has 23 heavy (non-hydrogen) atoms. The van der Waals surface area contributed by atoms with Gasteiger partial charge in [0.2, 0.25) is 0 Å². The molecule has 2 atom stereocenters. The Hall–Kier alpha value is -0.170. The minimum Gasteiger partial charge on any atom is -0.748 e. The van der Waals surface area contributed by atoms with Crippen molar-refractivity contribution in [3.63, 3.8) is 0 Å². The molecule has 0 aromatic heterocycles. The van der Waals surface area contributed by atoms with Gasteiger partial charge in [0, 0.05) is 0 Å². The van der Waals surface area contributed by atoms with Crippen LogP contribution in [0.5, 0.6) is 0 Å². The number of aliphatic hydroxyl groups excluding tert-OH is 1. The van der Waals surface area contributed by atoms with E-state index in [0.717, 1.165) is 25.2 Å². The molecule has 0 aliphatic heterocycles. The van der Waals surface area contributed by atoms with Gasteiger partial charge in [0.15, 0.2) is 0 Å². The normalized spacial score (nSPS) is 15.0. The summed E-state index contributed by atoms with van der Waals surface area (Å²) in [7, 11) is -4.30. The molecule has 0 amide bonds. The fourth-order valence-electron chi connectivity index (χ4n) is 2.75. The van der Waals surface area contributed by atoms with Crippen LogP contribution in [-0.2, 0) is 10.1 Å². The van der Waals surface area contributed by atoms with Crippen molar-refractivity contribution in [2.75, 3.05) is 5.75 Å². The fourth-order valence-corrected chi connectivity index (χ4v) is 3.50. The second kappa shape index (κ2) is 13.2. The topological polar surface area (TPSA) is 105 Å². The maximum atomic E-state index is 10.6. The molecule has 5 nitrogen and oxygen atoms in total. The smallest absolute Gasteiger partial charge is 0.124 e. The van der Waals surface area contributed by atoms with Crippen LogP contribution in [0.3, 0.4) is 0 Å². The Kier molecular flexibility index (Phi) is 13.1. The van der Waals surface area contributed by atoms with E-state index in [1.807, 2.05) is 0 Å². The largest absolute Gasteiger partial charge is 0.748 e. The summed E-state index contributed by atoms with van der Waals surface area (Å²) in [6, 6.07) is -0.719. The standard InChI is InChI=1S/C17H37NO4S/c1-15(2)12-10-8-6-4-3-5-7-9-11-13-17(19)16(18)14-23(20,21)22/h15-17,19H,3-14,18H2,1-2H3,(H,20,21,22)/t16-,17?/m0/s1. The summed E-state index contributed by atoms with van der Waals surface area (Å²) in [5, 5.41) is 9.78. The van der Waals surface area contributed by atoms with Crippen LogP contribution in [0.1, 0.15) is 84.5 Å². The Morgan fingerprint density at radius 3 is 1.65 bits per heavy atom. The van der Waals surface area contributed by atoms with Gasteiger partial charge in [0.1, 0.15) is 22.3 Å². The molecule has 1 unspecified atom stereocenters. The summed E-state index contributed by atoms with van der Waals surface area (Å²) >= 11 is 0. The molecule has 0 fully saturated rings. The molecular formula is C17H37NO4S. The summed E-state index contributed by atoms with van der Waals surface area (Å²) in [4.78, 5) is 0. The molecule has 0 heterocycles. The highest BCUT2D eigenvalue weighted by molar-refractivity contribution is 7.85. The average molecular weight is 352 g/mol. The van der Waals surface area contributed by atoms with Crippen LogP contribution in [-0.4, -0.2) is 36.0 Å². The Labute approximate surface area is 142 Å². The summed E-state index contributed by atoms with van der Waals surface area (Å²) in [6.45, 7) is 4.54. The second-order valence-electron chi connectivity index (χ2n) is 7.20. The minimum atomic E-state index is -4.30. The molecule has 0 radical (unpaired) electrons. The van der Waals surface area contributed by atoms with E-state index in [1.54, 1.807) is 0 Å². The van der Waals surface area contributed by atoms with E-state index in [1.165, 1.54) is 44.9 Å². The second-order valence-corrected chi connectivity index (χ2v) is 8.65. The summed E-state index contributed by atoms with van der Waals surface area (Å²) in [5.74, 6) is 0.238. The van der Waals surface area contributed by atoms with Gasteiger partial charge in [-0.05, 0) is 12.3 Å². The molecule has 140 valence electrons. The van der Waals surface area contributed by atoms with Crippen molar-refractivity contribution < 1.29 is 23.8 Å². The van der Waals surface area contributed by atoms with Gasteiger partial charge in [0.05, 0.1) is 5.75 Å². The van der Waals surface area contributed by atoms with Crippen LogP contribution in [0, 0.1) is 5.92 Å². The first kappa shape index (κ1) is 22.8. The van der Waals surface area contributed by atoms with E-state index < -0.39 is 28.0 Å². The number of hydrogen-bond donors (Lipinski definition) is 2. The number of unbranched alkanes of at least 4 members (excludes halogenated alkanes) is 8. The van der Waals surface area contributed by atoms with Crippen LogP contribution in [0.25, 0.3) is 0 Å². The number of aliphatic hydroxyl groups is 1. The predicted molar refractivity (Wildman–Crippen MR) is 92.9 cm³/mol. The zero-order valence-corrected chi connectivity index (χ0v) is 15.8. The van der Waals surface area contributed by atoms with Crippen molar-refractivity contribution in [1.29, 1.82) is 0 Å². The predicted octanol–water partition coefficient (Wildman–Crippen LogP) is 2.45. The Bertz CT molecular complexity index is 371. The maximum absolute atomic E-state index is 10.6. The van der Waals surface area contributed by atoms with Gasteiger partial charge < -0.3 is 15.4 Å². The van der Waals surface area contributed by atoms with Crippen molar-refractivity contribution in [1.82, 2.24) is 0 Å². The van der Waals surface area contributed by atoms with Crippen molar-refractivity contribution in [2.24, 2.45) is 5.92 Å². The Morgan fingerprint density at radius 1 is 0.870 bits per heavy atom. The van der Waals surface area contributed by atoms with E-state index >= 15 is 0 Å². The molecule has 0 saturated heterocycles. The van der Waals surface area contributed by atoms with Crippen LogP contribution in [0.2, 0.25) is 0 Å². The van der Waals surface area contributed by atoms with Crippen molar-refractivity contribution >= 4 is 10.1 Å². The first-order valence-electron chi connectivity index (χ1n) is 9.17. The van der Waals surface area contributed by atoms with Crippen LogP contribution in [0.4, 0.5) is 0 Å². The van der Waals surface area contributed by atoms with Crippen LogP contribution in [0.15, 0.2) is 0 Å². The molecular weight excluding hydrogens is 314 g/mol. The zero-order valence-electron chi connectivity index (χ0n) is 15.0. The van der Waals surface area contributed by atoms with Crippen LogP contribution < -0.4 is 5.73 Å². The van der Waals surface area contributed by atoms with Gasteiger partial charge in [-0.25, -0.2) is 8.42 Å². The number of hydrogen-bond acceptors (Lipinski definition) is 4. The SMILES string of the molecule is CC(C)CCCCCCCCCCCC(O)[C@@H]([NH3+])CS(=O)(=O)[O-]. The molecule has 6 heteroatoms. The number of rotatable bonds is 15. The highest BCUT2D eigenvalue weighted by atomic mass is 32.2. The van der Waals surface area contributed by atoms with Gasteiger partial charge in [-0.1, -0.05) is 78.1 Å². The third kappa shape index (κ3) is 16.5. The minimum absolute atomic E-state index is 0.527. The van der Waals surface area contributed by atoms with Gasteiger partial charge in [0.25, 0.3) is 0 Å². The monoisotopic (exact) mass is 351 g/mol. The molecule has 0 aliphatic carbocycles. The molecule has 0 saturated carbocycles. The lowest BCUT2D eigenvalue weighted by Gasteiger charge is -2.17. The quantitative estimate of drug-likeness (QED) is 0.349. The lowest BCUT2D eigenvalue weighted by molar-refractivity contribution is -0.430. The van der Waals surface area contributed by atoms with E-state index in [9.17, 15) is 18.1 Å². The summed E-state index contributed by atoms with van der Waals surface area (Å²) < 4.78 is 31.8. The van der Waals surface area contributed by atoms with Gasteiger partial charge >= 0.3 is 0 Å². The highest BCUT2D eigenvalue weighted by Gasteiger charge is 2.20. The molecule has 0 spiro atoms. The summed E-state index contributed by atoms with van der Waals surface area (Å²) in [6.07, 6.45) is 12.0. The molecule has 4 N–H and O–H groups in total. The van der Waals surface area contributed by atoms with Gasteiger partial charge in [-0.3, -0.25) is 0 Å². The fraction of sp³-hybridized carbons (Fsp3) is 1.00. The molecule has 0 aliphatic rings. The Morgan fingerprint density at radius 2 is 1.26 bits per heavy atom. The average Bonchev–Trinajstić information content (AvgIpc) is 2.42. The van der Waals surface area contributed by atoms with E-state index in [0.29, 0.717) is 6.42 Å². The van der Waals surface area contributed by atoms with Crippen LogP contribution >= 0.6 is 0 Å². The third-order valence-corrected chi connectivity index (χ3v) is 5.08. The van der Waals surface area contributed by atoms with Crippen molar-refractivity contribution in [3.8, 4) is 0 Å². The number of quaternary nitrogens is 1. The Balaban J connectivity index is 3.39. The van der Waals surface area contributed by atoms with E-state index in [-0.39, 0.29) is 0 Å².